The smallest absolute Gasteiger partial charge is 0.0179 e. The number of rotatable bonds is 2. The molecule has 2 heteroatoms. The predicted octanol–water partition coefficient (Wildman–Crippen LogP) is 7.73. The van der Waals surface area contributed by atoms with Gasteiger partial charge in [-0.25, -0.2) is 0 Å². The molecule has 0 aliphatic heterocycles. The first kappa shape index (κ1) is 18.3. The highest BCUT2D eigenvalue weighted by molar-refractivity contribution is 9.09. The number of hydrogen-bond donors (Lipinski definition) is 0. The number of halogens is 2. The Bertz CT molecular complexity index is 359. The van der Waals surface area contributed by atoms with Gasteiger partial charge in [-0.05, 0) is 61.2 Å². The molecular formula is C22H36Br2. The Morgan fingerprint density at radius 1 is 0.417 bits per heavy atom. The topological polar surface area (TPSA) is 0 Å². The van der Waals surface area contributed by atoms with Crippen molar-refractivity contribution in [2.75, 3.05) is 0 Å². The van der Waals surface area contributed by atoms with Crippen LogP contribution in [0.1, 0.15) is 89.9 Å². The molecule has 4 fully saturated rings. The summed E-state index contributed by atoms with van der Waals surface area (Å²) in [5.74, 6) is 6.13. The van der Waals surface area contributed by atoms with Crippen molar-refractivity contribution in [1.82, 2.24) is 0 Å². The van der Waals surface area contributed by atoms with Gasteiger partial charge in [-0.15, -0.1) is 0 Å². The standard InChI is InChI=1S/C22H36Br2/c23-19-13-12-18-17(21(19)15-7-3-1-4-8-15)11-14-20(24)22(18)16-9-5-2-6-10-16/h15-22H,1-14H2. The Hall–Kier alpha value is 0.960. The minimum atomic E-state index is 0.820. The summed E-state index contributed by atoms with van der Waals surface area (Å²) in [7, 11) is 0. The van der Waals surface area contributed by atoms with Gasteiger partial charge in [0.1, 0.15) is 0 Å². The summed E-state index contributed by atoms with van der Waals surface area (Å²) in [5.41, 5.74) is 0. The van der Waals surface area contributed by atoms with E-state index in [0.29, 0.717) is 0 Å². The third kappa shape index (κ3) is 3.67. The summed E-state index contributed by atoms with van der Waals surface area (Å²) in [4.78, 5) is 1.64. The molecule has 0 bridgehead atoms. The van der Waals surface area contributed by atoms with Crippen LogP contribution in [0.15, 0.2) is 0 Å². The largest absolute Gasteiger partial charge is 0.0887 e. The molecule has 0 aromatic carbocycles. The first-order valence-corrected chi connectivity index (χ1v) is 12.9. The minimum absolute atomic E-state index is 0.820. The lowest BCUT2D eigenvalue weighted by Gasteiger charge is -2.54. The fourth-order valence-corrected chi connectivity index (χ4v) is 9.51. The molecule has 0 heterocycles. The van der Waals surface area contributed by atoms with Crippen molar-refractivity contribution in [2.45, 2.75) is 99.5 Å². The molecule has 0 nitrogen and oxygen atoms in total. The number of hydrogen-bond acceptors (Lipinski definition) is 0. The summed E-state index contributed by atoms with van der Waals surface area (Å²) in [5, 5.41) is 0. The van der Waals surface area contributed by atoms with E-state index in [0.717, 1.165) is 45.2 Å². The zero-order chi connectivity index (χ0) is 16.5. The molecule has 0 spiro atoms. The fraction of sp³-hybridized carbons (Fsp3) is 1.00. The van der Waals surface area contributed by atoms with Gasteiger partial charge in [0, 0.05) is 9.65 Å². The normalized spacial score (nSPS) is 45.8. The molecule has 4 aliphatic rings. The first-order chi connectivity index (χ1) is 11.8. The molecule has 138 valence electrons. The third-order valence-corrected chi connectivity index (χ3v) is 10.5. The van der Waals surface area contributed by atoms with Crippen molar-refractivity contribution in [3.8, 4) is 0 Å². The van der Waals surface area contributed by atoms with Crippen LogP contribution in [0.25, 0.3) is 0 Å². The van der Waals surface area contributed by atoms with Gasteiger partial charge >= 0.3 is 0 Å². The zero-order valence-electron chi connectivity index (χ0n) is 15.3. The molecule has 6 unspecified atom stereocenters. The molecule has 4 rings (SSSR count). The highest BCUT2D eigenvalue weighted by Gasteiger charge is 2.50. The van der Waals surface area contributed by atoms with E-state index in [1.165, 1.54) is 89.9 Å². The van der Waals surface area contributed by atoms with Crippen LogP contribution in [0.2, 0.25) is 0 Å². The maximum atomic E-state index is 4.17. The Morgan fingerprint density at radius 3 is 1.17 bits per heavy atom. The van der Waals surface area contributed by atoms with Crippen molar-refractivity contribution in [3.05, 3.63) is 0 Å². The van der Waals surface area contributed by atoms with Crippen LogP contribution in [-0.2, 0) is 0 Å². The van der Waals surface area contributed by atoms with Gasteiger partial charge in [0.25, 0.3) is 0 Å². The molecule has 0 radical (unpaired) electrons. The average Bonchev–Trinajstić information content (AvgIpc) is 2.63. The molecule has 0 amide bonds. The van der Waals surface area contributed by atoms with Gasteiger partial charge in [0.05, 0.1) is 0 Å². The molecule has 0 aromatic heterocycles. The lowest BCUT2D eigenvalue weighted by Crippen LogP contribution is -2.49. The van der Waals surface area contributed by atoms with Crippen molar-refractivity contribution in [3.63, 3.8) is 0 Å². The second-order valence-electron chi connectivity index (χ2n) is 9.47. The molecule has 0 saturated heterocycles. The van der Waals surface area contributed by atoms with Gasteiger partial charge < -0.3 is 0 Å². The summed E-state index contributed by atoms with van der Waals surface area (Å²) in [6, 6.07) is 0. The van der Waals surface area contributed by atoms with Crippen molar-refractivity contribution >= 4 is 31.9 Å². The van der Waals surface area contributed by atoms with Crippen LogP contribution in [0, 0.1) is 35.5 Å². The van der Waals surface area contributed by atoms with Crippen molar-refractivity contribution in [1.29, 1.82) is 0 Å². The van der Waals surface area contributed by atoms with Crippen LogP contribution in [0.3, 0.4) is 0 Å². The van der Waals surface area contributed by atoms with Gasteiger partial charge in [0.2, 0.25) is 0 Å². The molecule has 0 N–H and O–H groups in total. The van der Waals surface area contributed by atoms with Gasteiger partial charge in [-0.3, -0.25) is 0 Å². The fourth-order valence-electron chi connectivity index (χ4n) is 7.34. The van der Waals surface area contributed by atoms with Gasteiger partial charge in [0.15, 0.2) is 0 Å². The van der Waals surface area contributed by atoms with Crippen LogP contribution in [-0.4, -0.2) is 9.65 Å². The van der Waals surface area contributed by atoms with Crippen molar-refractivity contribution in [2.24, 2.45) is 35.5 Å². The molecule has 0 aromatic rings. The zero-order valence-corrected chi connectivity index (χ0v) is 18.4. The lowest BCUT2D eigenvalue weighted by molar-refractivity contribution is -0.00158. The Kier molecular flexibility index (Phi) is 6.36. The van der Waals surface area contributed by atoms with E-state index in [1.807, 2.05) is 0 Å². The maximum Gasteiger partial charge on any atom is 0.0179 e. The summed E-state index contributed by atoms with van der Waals surface area (Å²) >= 11 is 8.34. The maximum absolute atomic E-state index is 4.17. The monoisotopic (exact) mass is 458 g/mol. The molecule has 4 aliphatic carbocycles. The third-order valence-electron chi connectivity index (χ3n) is 8.31. The summed E-state index contributed by atoms with van der Waals surface area (Å²) < 4.78 is 0. The van der Waals surface area contributed by atoms with Crippen LogP contribution in [0.5, 0.6) is 0 Å². The second kappa shape index (κ2) is 8.32. The second-order valence-corrected chi connectivity index (χ2v) is 11.8. The first-order valence-electron chi connectivity index (χ1n) is 11.0. The quantitative estimate of drug-likeness (QED) is 0.370. The predicted molar refractivity (Wildman–Crippen MR) is 111 cm³/mol. The molecule has 6 atom stereocenters. The molecule has 4 saturated carbocycles. The SMILES string of the molecule is BrC1CCC2C(CCC(Br)C2C2CCCCC2)C1C1CCCCC1. The van der Waals surface area contributed by atoms with E-state index in [-0.39, 0.29) is 0 Å². The summed E-state index contributed by atoms with van der Waals surface area (Å²) in [6.07, 6.45) is 21.1. The highest BCUT2D eigenvalue weighted by Crippen LogP contribution is 2.56. The minimum Gasteiger partial charge on any atom is -0.0887 e. The molecule has 24 heavy (non-hydrogen) atoms. The molecular weight excluding hydrogens is 424 g/mol. The Balaban J connectivity index is 1.54. The van der Waals surface area contributed by atoms with E-state index >= 15 is 0 Å². The van der Waals surface area contributed by atoms with E-state index in [4.69, 9.17) is 0 Å². The average molecular weight is 460 g/mol. The van der Waals surface area contributed by atoms with Crippen molar-refractivity contribution < 1.29 is 0 Å². The number of alkyl halides is 2. The van der Waals surface area contributed by atoms with Gasteiger partial charge in [-0.1, -0.05) is 96.1 Å². The highest BCUT2D eigenvalue weighted by atomic mass is 79.9. The van der Waals surface area contributed by atoms with E-state index in [2.05, 4.69) is 31.9 Å². The van der Waals surface area contributed by atoms with Crippen LogP contribution >= 0.6 is 31.9 Å². The Morgan fingerprint density at radius 2 is 0.792 bits per heavy atom. The number of fused-ring (bicyclic) bond motifs is 1. The van der Waals surface area contributed by atoms with E-state index < -0.39 is 0 Å². The van der Waals surface area contributed by atoms with E-state index in [1.54, 1.807) is 0 Å². The van der Waals surface area contributed by atoms with Gasteiger partial charge in [-0.2, -0.15) is 0 Å². The summed E-state index contributed by atoms with van der Waals surface area (Å²) in [6.45, 7) is 0. The van der Waals surface area contributed by atoms with Crippen LogP contribution in [0.4, 0.5) is 0 Å². The van der Waals surface area contributed by atoms with Crippen LogP contribution < -0.4 is 0 Å². The lowest BCUT2D eigenvalue weighted by atomic mass is 9.54. The Labute approximate surface area is 166 Å². The van der Waals surface area contributed by atoms with E-state index in [9.17, 15) is 0 Å².